The van der Waals surface area contributed by atoms with Crippen molar-refractivity contribution in [1.82, 2.24) is 14.4 Å². The van der Waals surface area contributed by atoms with Crippen LogP contribution < -0.4 is 0 Å². The number of aliphatic carboxylic acids is 1. The highest BCUT2D eigenvalue weighted by Crippen LogP contribution is 2.10. The molecule has 0 atom stereocenters. The van der Waals surface area contributed by atoms with Gasteiger partial charge >= 0.3 is 5.97 Å². The van der Waals surface area contributed by atoms with E-state index in [0.29, 0.717) is 26.2 Å². The van der Waals surface area contributed by atoms with Gasteiger partial charge in [-0.25, -0.2) is 0 Å². The second kappa shape index (κ2) is 6.56. The molecule has 1 saturated heterocycles. The van der Waals surface area contributed by atoms with E-state index in [1.54, 1.807) is 4.90 Å². The van der Waals surface area contributed by atoms with Gasteiger partial charge in [0, 0.05) is 38.9 Å². The van der Waals surface area contributed by atoms with Crippen molar-refractivity contribution < 1.29 is 14.7 Å². The minimum Gasteiger partial charge on any atom is -0.480 e. The Kier molecular flexibility index (Phi) is 4.79. The molecule has 1 N–H and O–H groups in total. The molecule has 20 heavy (non-hydrogen) atoms. The molecule has 6 heteroatoms. The quantitative estimate of drug-likeness (QED) is 0.863. The van der Waals surface area contributed by atoms with E-state index in [-0.39, 0.29) is 12.5 Å². The van der Waals surface area contributed by atoms with E-state index in [1.807, 2.05) is 27.8 Å². The lowest BCUT2D eigenvalue weighted by Crippen LogP contribution is -2.50. The molecule has 0 unspecified atom stereocenters. The molecule has 2 rings (SSSR count). The van der Waals surface area contributed by atoms with Gasteiger partial charge in [0.05, 0.1) is 6.54 Å². The number of hydrogen-bond acceptors (Lipinski definition) is 3. The first kappa shape index (κ1) is 14.6. The topological polar surface area (TPSA) is 65.8 Å². The molecule has 110 valence electrons. The molecule has 1 aliphatic heterocycles. The van der Waals surface area contributed by atoms with Gasteiger partial charge < -0.3 is 14.6 Å². The number of rotatable bonds is 5. The SMILES string of the molecule is CCCn1cccc1C(=O)N1CCN(CC(=O)O)CC1. The molecule has 1 fully saturated rings. The van der Waals surface area contributed by atoms with Crippen LogP contribution in [0.4, 0.5) is 0 Å². The molecule has 1 aromatic rings. The lowest BCUT2D eigenvalue weighted by atomic mass is 10.2. The monoisotopic (exact) mass is 279 g/mol. The minimum absolute atomic E-state index is 0.0402. The molecule has 0 aromatic carbocycles. The van der Waals surface area contributed by atoms with E-state index >= 15 is 0 Å². The van der Waals surface area contributed by atoms with Crippen molar-refractivity contribution in [2.75, 3.05) is 32.7 Å². The van der Waals surface area contributed by atoms with E-state index in [1.165, 1.54) is 0 Å². The Balaban J connectivity index is 1.94. The summed E-state index contributed by atoms with van der Waals surface area (Å²) in [6, 6.07) is 3.74. The lowest BCUT2D eigenvalue weighted by molar-refractivity contribution is -0.138. The van der Waals surface area contributed by atoms with Crippen molar-refractivity contribution >= 4 is 11.9 Å². The second-order valence-electron chi connectivity index (χ2n) is 5.05. The van der Waals surface area contributed by atoms with Gasteiger partial charge in [0.1, 0.15) is 5.69 Å². The minimum atomic E-state index is -0.818. The summed E-state index contributed by atoms with van der Waals surface area (Å²) in [6.07, 6.45) is 2.92. The number of piperazine rings is 1. The third-order valence-electron chi connectivity index (χ3n) is 3.53. The molecule has 0 saturated carbocycles. The van der Waals surface area contributed by atoms with Gasteiger partial charge in [0.15, 0.2) is 0 Å². The summed E-state index contributed by atoms with van der Waals surface area (Å²) in [7, 11) is 0. The summed E-state index contributed by atoms with van der Waals surface area (Å²) in [5.41, 5.74) is 0.721. The summed E-state index contributed by atoms with van der Waals surface area (Å²) in [5.74, 6) is -0.778. The van der Waals surface area contributed by atoms with Gasteiger partial charge in [0.2, 0.25) is 0 Å². The van der Waals surface area contributed by atoms with Gasteiger partial charge in [-0.2, -0.15) is 0 Å². The zero-order chi connectivity index (χ0) is 14.5. The average molecular weight is 279 g/mol. The van der Waals surface area contributed by atoms with Gasteiger partial charge in [-0.3, -0.25) is 14.5 Å². The van der Waals surface area contributed by atoms with Crippen LogP contribution in [0.15, 0.2) is 18.3 Å². The Bertz CT molecular complexity index is 476. The molecule has 1 aliphatic rings. The Labute approximate surface area is 118 Å². The number of aromatic nitrogens is 1. The molecule has 0 radical (unpaired) electrons. The van der Waals surface area contributed by atoms with Crippen LogP contribution in [0.3, 0.4) is 0 Å². The number of carboxylic acid groups (broad SMARTS) is 1. The third kappa shape index (κ3) is 3.39. The standard InChI is InChI=1S/C14H21N3O3/c1-2-5-16-6-3-4-12(16)14(20)17-9-7-15(8-10-17)11-13(18)19/h3-4,6H,2,5,7-11H2,1H3,(H,18,19). The lowest BCUT2D eigenvalue weighted by Gasteiger charge is -2.33. The predicted molar refractivity (Wildman–Crippen MR) is 74.7 cm³/mol. The molecular weight excluding hydrogens is 258 g/mol. The number of carboxylic acids is 1. The first-order chi connectivity index (χ1) is 9.61. The van der Waals surface area contributed by atoms with E-state index in [0.717, 1.165) is 18.7 Å². The van der Waals surface area contributed by atoms with Gasteiger partial charge in [-0.15, -0.1) is 0 Å². The van der Waals surface area contributed by atoms with Crippen molar-refractivity contribution in [3.8, 4) is 0 Å². The van der Waals surface area contributed by atoms with Crippen molar-refractivity contribution in [3.63, 3.8) is 0 Å². The number of carbonyl (C=O) groups excluding carboxylic acids is 1. The molecule has 6 nitrogen and oxygen atoms in total. The maximum Gasteiger partial charge on any atom is 0.317 e. The van der Waals surface area contributed by atoms with Crippen LogP contribution in [0.2, 0.25) is 0 Å². The van der Waals surface area contributed by atoms with Crippen molar-refractivity contribution in [3.05, 3.63) is 24.0 Å². The fourth-order valence-corrected chi connectivity index (χ4v) is 2.51. The van der Waals surface area contributed by atoms with Crippen LogP contribution in [0.1, 0.15) is 23.8 Å². The van der Waals surface area contributed by atoms with Crippen LogP contribution in [-0.2, 0) is 11.3 Å². The van der Waals surface area contributed by atoms with Gasteiger partial charge in [-0.1, -0.05) is 6.92 Å². The number of aryl methyl sites for hydroxylation is 1. The maximum atomic E-state index is 12.5. The summed E-state index contributed by atoms with van der Waals surface area (Å²) >= 11 is 0. The molecule has 2 heterocycles. The Morgan fingerprint density at radius 2 is 1.95 bits per heavy atom. The Morgan fingerprint density at radius 3 is 2.55 bits per heavy atom. The van der Waals surface area contributed by atoms with Crippen LogP contribution in [0.5, 0.6) is 0 Å². The van der Waals surface area contributed by atoms with E-state index < -0.39 is 5.97 Å². The van der Waals surface area contributed by atoms with E-state index in [4.69, 9.17) is 5.11 Å². The Hall–Kier alpha value is -1.82. The summed E-state index contributed by atoms with van der Waals surface area (Å²) in [4.78, 5) is 26.8. The fraction of sp³-hybridized carbons (Fsp3) is 0.571. The second-order valence-corrected chi connectivity index (χ2v) is 5.05. The first-order valence-electron chi connectivity index (χ1n) is 7.00. The molecule has 1 amide bonds. The highest BCUT2D eigenvalue weighted by molar-refractivity contribution is 5.92. The van der Waals surface area contributed by atoms with Crippen molar-refractivity contribution in [1.29, 1.82) is 0 Å². The van der Waals surface area contributed by atoms with E-state index in [2.05, 4.69) is 6.92 Å². The third-order valence-corrected chi connectivity index (χ3v) is 3.53. The Morgan fingerprint density at radius 1 is 1.25 bits per heavy atom. The maximum absolute atomic E-state index is 12.5. The summed E-state index contributed by atoms with van der Waals surface area (Å²) in [6.45, 7) is 5.38. The van der Waals surface area contributed by atoms with Crippen molar-refractivity contribution in [2.45, 2.75) is 19.9 Å². The molecule has 1 aromatic heterocycles. The van der Waals surface area contributed by atoms with Gasteiger partial charge in [0.25, 0.3) is 5.91 Å². The largest absolute Gasteiger partial charge is 0.480 e. The molecule has 0 aliphatic carbocycles. The zero-order valence-corrected chi connectivity index (χ0v) is 11.8. The van der Waals surface area contributed by atoms with E-state index in [9.17, 15) is 9.59 Å². The summed E-state index contributed by atoms with van der Waals surface area (Å²) < 4.78 is 1.98. The predicted octanol–water partition coefficient (Wildman–Crippen LogP) is 0.740. The zero-order valence-electron chi connectivity index (χ0n) is 11.8. The molecule has 0 spiro atoms. The first-order valence-corrected chi connectivity index (χ1v) is 7.00. The number of nitrogens with zero attached hydrogens (tertiary/aromatic N) is 3. The van der Waals surface area contributed by atoms with Crippen LogP contribution in [0, 0.1) is 0 Å². The van der Waals surface area contributed by atoms with Crippen molar-refractivity contribution in [2.24, 2.45) is 0 Å². The highest BCUT2D eigenvalue weighted by atomic mass is 16.4. The van der Waals surface area contributed by atoms with Crippen LogP contribution in [-0.4, -0.2) is 64.1 Å². The fourth-order valence-electron chi connectivity index (χ4n) is 2.51. The summed E-state index contributed by atoms with van der Waals surface area (Å²) in [5, 5.41) is 8.76. The highest BCUT2D eigenvalue weighted by Gasteiger charge is 2.24. The van der Waals surface area contributed by atoms with Crippen LogP contribution in [0.25, 0.3) is 0 Å². The number of amides is 1. The van der Waals surface area contributed by atoms with Crippen LogP contribution >= 0.6 is 0 Å². The smallest absolute Gasteiger partial charge is 0.317 e. The average Bonchev–Trinajstić information content (AvgIpc) is 2.87. The molecule has 0 bridgehead atoms. The number of carbonyl (C=O) groups is 2. The van der Waals surface area contributed by atoms with Gasteiger partial charge in [-0.05, 0) is 18.6 Å². The normalized spacial score (nSPS) is 16.4. The molecular formula is C14H21N3O3. The number of hydrogen-bond donors (Lipinski definition) is 1.